The van der Waals surface area contributed by atoms with Crippen molar-refractivity contribution in [1.29, 1.82) is 0 Å². The Morgan fingerprint density at radius 2 is 2.05 bits per heavy atom. The Morgan fingerprint density at radius 1 is 1.25 bits per heavy atom. The summed E-state index contributed by atoms with van der Waals surface area (Å²) in [4.78, 5) is 6.16. The fourth-order valence-corrected chi connectivity index (χ4v) is 4.75. The van der Waals surface area contributed by atoms with Gasteiger partial charge in [0.15, 0.2) is 0 Å². The zero-order valence-corrected chi connectivity index (χ0v) is 14.4. The van der Waals surface area contributed by atoms with Gasteiger partial charge in [-0.15, -0.1) is 11.3 Å². The Balaban J connectivity index is 2.02. The number of nitrogens with zero attached hydrogens (tertiary/aromatic N) is 1. The molecule has 3 unspecified atom stereocenters. The van der Waals surface area contributed by atoms with Crippen LogP contribution < -0.4 is 5.32 Å². The molecule has 0 saturated heterocycles. The highest BCUT2D eigenvalue weighted by atomic mass is 32.1. The summed E-state index contributed by atoms with van der Waals surface area (Å²) in [5.74, 6) is 2.63. The highest BCUT2D eigenvalue weighted by molar-refractivity contribution is 7.11. The van der Waals surface area contributed by atoms with Gasteiger partial charge in [0, 0.05) is 11.3 Å². The van der Waals surface area contributed by atoms with Crippen LogP contribution in [0.5, 0.6) is 0 Å². The van der Waals surface area contributed by atoms with Crippen molar-refractivity contribution in [3.05, 3.63) is 15.6 Å². The number of aromatic nitrogens is 1. The van der Waals surface area contributed by atoms with Crippen LogP contribution in [0.1, 0.15) is 54.6 Å². The first-order chi connectivity index (χ1) is 9.63. The number of rotatable bonds is 6. The molecule has 2 rings (SSSR count). The molecule has 1 aromatic rings. The van der Waals surface area contributed by atoms with Crippen molar-refractivity contribution >= 4 is 11.3 Å². The zero-order valence-electron chi connectivity index (χ0n) is 13.5. The molecule has 0 spiro atoms. The quantitative estimate of drug-likeness (QED) is 0.843. The first-order valence-corrected chi connectivity index (χ1v) is 9.03. The van der Waals surface area contributed by atoms with E-state index in [2.05, 4.69) is 33.1 Å². The molecule has 1 saturated carbocycles. The van der Waals surface area contributed by atoms with Gasteiger partial charge in [-0.1, -0.05) is 26.2 Å². The molecule has 1 N–H and O–H groups in total. The topological polar surface area (TPSA) is 24.9 Å². The lowest BCUT2D eigenvalue weighted by atomic mass is 9.71. The van der Waals surface area contributed by atoms with Crippen LogP contribution in [0.3, 0.4) is 0 Å². The van der Waals surface area contributed by atoms with E-state index in [1.165, 1.54) is 60.6 Å². The van der Waals surface area contributed by atoms with E-state index in [4.69, 9.17) is 4.98 Å². The van der Waals surface area contributed by atoms with Crippen molar-refractivity contribution in [2.45, 2.75) is 59.3 Å². The molecular formula is C17H30N2S. The lowest BCUT2D eigenvalue weighted by Gasteiger charge is -2.36. The van der Waals surface area contributed by atoms with Gasteiger partial charge < -0.3 is 5.32 Å². The summed E-state index contributed by atoms with van der Waals surface area (Å²) in [6, 6.07) is 0. The zero-order chi connectivity index (χ0) is 14.5. The van der Waals surface area contributed by atoms with Crippen LogP contribution in [0, 0.1) is 31.6 Å². The van der Waals surface area contributed by atoms with E-state index >= 15 is 0 Å². The molecule has 20 heavy (non-hydrogen) atoms. The predicted octanol–water partition coefficient (Wildman–Crippen LogP) is 4.35. The Morgan fingerprint density at radius 3 is 2.65 bits per heavy atom. The minimum absolute atomic E-state index is 0.831. The van der Waals surface area contributed by atoms with Crippen molar-refractivity contribution in [3.63, 3.8) is 0 Å². The molecule has 0 radical (unpaired) electrons. The maximum Gasteiger partial charge on any atom is 0.0933 e. The third kappa shape index (κ3) is 4.05. The Hall–Kier alpha value is -0.410. The Bertz CT molecular complexity index is 394. The first-order valence-electron chi connectivity index (χ1n) is 8.21. The molecule has 1 heterocycles. The molecule has 1 aromatic heterocycles. The largest absolute Gasteiger partial charge is 0.319 e. The second-order valence-electron chi connectivity index (χ2n) is 6.50. The van der Waals surface area contributed by atoms with Gasteiger partial charge in [0.2, 0.25) is 0 Å². The van der Waals surface area contributed by atoms with E-state index in [9.17, 15) is 0 Å². The normalized spacial score (nSPS) is 26.9. The van der Waals surface area contributed by atoms with E-state index in [0.717, 1.165) is 17.8 Å². The van der Waals surface area contributed by atoms with Gasteiger partial charge in [-0.3, -0.25) is 0 Å². The number of nitrogens with one attached hydrogen (secondary N) is 1. The van der Waals surface area contributed by atoms with Crippen molar-refractivity contribution in [2.24, 2.45) is 17.8 Å². The van der Waals surface area contributed by atoms with Crippen molar-refractivity contribution in [3.8, 4) is 0 Å². The second kappa shape index (κ2) is 7.56. The number of aryl methyl sites for hydroxylation is 2. The molecule has 0 aromatic carbocycles. The van der Waals surface area contributed by atoms with E-state index in [1.807, 2.05) is 11.3 Å². The summed E-state index contributed by atoms with van der Waals surface area (Å²) in [5, 5.41) is 4.76. The number of thiazole rings is 1. The number of hydrogen-bond donors (Lipinski definition) is 1. The standard InChI is InChI=1S/C17H30N2S/c1-5-6-14-7-8-15(11-18-4)16(9-14)10-17-19-12(2)13(3)20-17/h14-16,18H,5-11H2,1-4H3. The van der Waals surface area contributed by atoms with Gasteiger partial charge in [-0.05, 0) is 58.0 Å². The summed E-state index contributed by atoms with van der Waals surface area (Å²) in [6.45, 7) is 7.83. The van der Waals surface area contributed by atoms with Crippen LogP contribution in [-0.2, 0) is 6.42 Å². The molecule has 3 atom stereocenters. The maximum atomic E-state index is 4.77. The Kier molecular flexibility index (Phi) is 6.03. The predicted molar refractivity (Wildman–Crippen MR) is 88.4 cm³/mol. The van der Waals surface area contributed by atoms with E-state index in [-0.39, 0.29) is 0 Å². The lowest BCUT2D eigenvalue weighted by molar-refractivity contribution is 0.169. The molecule has 0 aliphatic heterocycles. The van der Waals surface area contributed by atoms with Gasteiger partial charge in [0.05, 0.1) is 10.7 Å². The summed E-state index contributed by atoms with van der Waals surface area (Å²) in [7, 11) is 2.09. The smallest absolute Gasteiger partial charge is 0.0933 e. The van der Waals surface area contributed by atoms with Crippen molar-refractivity contribution in [2.75, 3.05) is 13.6 Å². The first kappa shape index (κ1) is 16.0. The van der Waals surface area contributed by atoms with Crippen LogP contribution in [0.2, 0.25) is 0 Å². The summed E-state index contributed by atoms with van der Waals surface area (Å²) in [5.41, 5.74) is 1.23. The minimum atomic E-state index is 0.831. The summed E-state index contributed by atoms with van der Waals surface area (Å²) >= 11 is 1.91. The van der Waals surface area contributed by atoms with E-state index < -0.39 is 0 Å². The van der Waals surface area contributed by atoms with Gasteiger partial charge in [-0.2, -0.15) is 0 Å². The average Bonchev–Trinajstić information content (AvgIpc) is 2.72. The third-order valence-corrected chi connectivity index (χ3v) is 6.02. The monoisotopic (exact) mass is 294 g/mol. The minimum Gasteiger partial charge on any atom is -0.319 e. The molecule has 114 valence electrons. The fraction of sp³-hybridized carbons (Fsp3) is 0.824. The molecule has 2 nitrogen and oxygen atoms in total. The fourth-order valence-electron chi connectivity index (χ4n) is 3.73. The third-order valence-electron chi connectivity index (χ3n) is 4.92. The number of hydrogen-bond acceptors (Lipinski definition) is 3. The summed E-state index contributed by atoms with van der Waals surface area (Å²) < 4.78 is 0. The van der Waals surface area contributed by atoms with E-state index in [1.54, 1.807) is 0 Å². The van der Waals surface area contributed by atoms with Crippen LogP contribution in [0.4, 0.5) is 0 Å². The van der Waals surface area contributed by atoms with Crippen LogP contribution in [0.25, 0.3) is 0 Å². The lowest BCUT2D eigenvalue weighted by Crippen LogP contribution is -2.33. The molecule has 0 amide bonds. The highest BCUT2D eigenvalue weighted by Gasteiger charge is 2.30. The highest BCUT2D eigenvalue weighted by Crippen LogP contribution is 2.38. The van der Waals surface area contributed by atoms with E-state index in [0.29, 0.717) is 0 Å². The second-order valence-corrected chi connectivity index (χ2v) is 7.79. The van der Waals surface area contributed by atoms with Crippen LogP contribution >= 0.6 is 11.3 Å². The molecule has 3 heteroatoms. The molecule has 1 aliphatic carbocycles. The van der Waals surface area contributed by atoms with Crippen LogP contribution in [0.15, 0.2) is 0 Å². The van der Waals surface area contributed by atoms with Crippen molar-refractivity contribution < 1.29 is 0 Å². The van der Waals surface area contributed by atoms with Crippen molar-refractivity contribution in [1.82, 2.24) is 10.3 Å². The molecule has 0 bridgehead atoms. The molecule has 1 aliphatic rings. The van der Waals surface area contributed by atoms with Gasteiger partial charge in [-0.25, -0.2) is 4.98 Å². The van der Waals surface area contributed by atoms with Gasteiger partial charge in [0.25, 0.3) is 0 Å². The van der Waals surface area contributed by atoms with Gasteiger partial charge >= 0.3 is 0 Å². The Labute approximate surface area is 128 Å². The summed E-state index contributed by atoms with van der Waals surface area (Å²) in [6.07, 6.45) is 8.21. The van der Waals surface area contributed by atoms with Gasteiger partial charge in [0.1, 0.15) is 0 Å². The van der Waals surface area contributed by atoms with Crippen LogP contribution in [-0.4, -0.2) is 18.6 Å². The molecule has 1 fully saturated rings. The average molecular weight is 295 g/mol. The maximum absolute atomic E-state index is 4.77. The molecular weight excluding hydrogens is 264 g/mol. The SMILES string of the molecule is CCCC1CCC(CNC)C(Cc2nc(C)c(C)s2)C1.